The Morgan fingerprint density at radius 2 is 2.12 bits per heavy atom. The third-order valence-corrected chi connectivity index (χ3v) is 4.94. The molecule has 0 radical (unpaired) electrons. The van der Waals surface area contributed by atoms with Crippen molar-refractivity contribution in [2.45, 2.75) is 26.4 Å². The Hall–Kier alpha value is -3.10. The normalized spacial score (nSPS) is 13.7. The Bertz CT molecular complexity index is 1050. The van der Waals surface area contributed by atoms with Gasteiger partial charge in [0.05, 0.1) is 33.9 Å². The van der Waals surface area contributed by atoms with E-state index in [0.717, 1.165) is 48.4 Å². The lowest BCUT2D eigenvalue weighted by Crippen LogP contribution is -2.16. The van der Waals surface area contributed by atoms with Crippen molar-refractivity contribution in [2.24, 2.45) is 0 Å². The molecule has 26 heavy (non-hydrogen) atoms. The summed E-state index contributed by atoms with van der Waals surface area (Å²) < 4.78 is 0. The minimum absolute atomic E-state index is 0.141. The molecule has 2 aromatic carbocycles. The number of anilines is 1. The number of phenols is 1. The molecule has 1 aromatic heterocycles. The van der Waals surface area contributed by atoms with Gasteiger partial charge in [-0.25, -0.2) is 0 Å². The molecule has 2 heterocycles. The van der Waals surface area contributed by atoms with Gasteiger partial charge < -0.3 is 10.8 Å². The van der Waals surface area contributed by atoms with Crippen molar-refractivity contribution in [3.8, 4) is 22.9 Å². The number of pyridine rings is 1. The highest BCUT2D eigenvalue weighted by atomic mass is 16.3. The first-order valence-corrected chi connectivity index (χ1v) is 8.78. The standard InChI is InChI=1S/C21H20N4O/c1-2-8-25-11-16-17(12-25)24-21-15(6-7-18(26)19(21)20(16)23)14-5-3-4-13(9-14)10-22/h3-7,9,26H,2,8,11-12H2,1H3,(H2,23,24). The van der Waals surface area contributed by atoms with Gasteiger partial charge in [0.25, 0.3) is 0 Å². The van der Waals surface area contributed by atoms with E-state index in [-0.39, 0.29) is 5.75 Å². The molecule has 3 aromatic rings. The SMILES string of the molecule is CCCN1Cc2nc3c(-c4cccc(C#N)c4)ccc(O)c3c(N)c2C1. The fraction of sp³-hybridized carbons (Fsp3) is 0.238. The number of aromatic nitrogens is 1. The van der Waals surface area contributed by atoms with Gasteiger partial charge in [0.15, 0.2) is 0 Å². The lowest BCUT2D eigenvalue weighted by molar-refractivity contribution is 0.283. The monoisotopic (exact) mass is 344 g/mol. The summed E-state index contributed by atoms with van der Waals surface area (Å²) in [5.74, 6) is 0.141. The molecular weight excluding hydrogens is 324 g/mol. The molecule has 0 unspecified atom stereocenters. The van der Waals surface area contributed by atoms with Crippen molar-refractivity contribution in [1.29, 1.82) is 5.26 Å². The maximum Gasteiger partial charge on any atom is 0.127 e. The Morgan fingerprint density at radius 1 is 1.27 bits per heavy atom. The van der Waals surface area contributed by atoms with E-state index in [9.17, 15) is 10.4 Å². The molecule has 4 rings (SSSR count). The van der Waals surface area contributed by atoms with E-state index in [1.165, 1.54) is 0 Å². The second kappa shape index (κ2) is 6.32. The van der Waals surface area contributed by atoms with Crippen molar-refractivity contribution in [1.82, 2.24) is 9.88 Å². The third-order valence-electron chi connectivity index (χ3n) is 4.94. The molecule has 3 N–H and O–H groups in total. The Kier molecular flexibility index (Phi) is 3.98. The number of nitriles is 1. The van der Waals surface area contributed by atoms with Crippen LogP contribution in [-0.2, 0) is 13.1 Å². The fourth-order valence-corrected chi connectivity index (χ4v) is 3.73. The lowest BCUT2D eigenvalue weighted by Gasteiger charge is -2.13. The number of hydrogen-bond donors (Lipinski definition) is 2. The predicted octanol–water partition coefficient (Wildman–Crippen LogP) is 3.79. The van der Waals surface area contributed by atoms with Gasteiger partial charge in [0.1, 0.15) is 5.75 Å². The summed E-state index contributed by atoms with van der Waals surface area (Å²) in [7, 11) is 0. The minimum Gasteiger partial charge on any atom is -0.507 e. The van der Waals surface area contributed by atoms with Crippen molar-refractivity contribution < 1.29 is 5.11 Å². The van der Waals surface area contributed by atoms with Crippen molar-refractivity contribution in [2.75, 3.05) is 12.3 Å². The molecule has 1 aliphatic rings. The van der Waals surface area contributed by atoms with Crippen LogP contribution in [0.25, 0.3) is 22.0 Å². The van der Waals surface area contributed by atoms with Gasteiger partial charge in [0, 0.05) is 24.2 Å². The molecule has 0 spiro atoms. The van der Waals surface area contributed by atoms with E-state index < -0.39 is 0 Å². The average molecular weight is 344 g/mol. The zero-order valence-corrected chi connectivity index (χ0v) is 14.7. The van der Waals surface area contributed by atoms with E-state index in [1.807, 2.05) is 24.3 Å². The largest absolute Gasteiger partial charge is 0.507 e. The number of nitrogens with zero attached hydrogens (tertiary/aromatic N) is 3. The minimum atomic E-state index is 0.141. The zero-order chi connectivity index (χ0) is 18.3. The number of hydrogen-bond acceptors (Lipinski definition) is 5. The van der Waals surface area contributed by atoms with Crippen LogP contribution in [0.4, 0.5) is 5.69 Å². The Balaban J connectivity index is 1.95. The van der Waals surface area contributed by atoms with Crippen LogP contribution < -0.4 is 5.73 Å². The van der Waals surface area contributed by atoms with E-state index in [2.05, 4.69) is 17.9 Å². The molecule has 0 fully saturated rings. The maximum atomic E-state index is 10.4. The highest BCUT2D eigenvalue weighted by Crippen LogP contribution is 2.40. The first-order chi connectivity index (χ1) is 12.6. The van der Waals surface area contributed by atoms with E-state index in [0.29, 0.717) is 22.2 Å². The number of benzene rings is 2. The molecule has 0 aliphatic carbocycles. The summed E-state index contributed by atoms with van der Waals surface area (Å²) in [6.45, 7) is 4.69. The smallest absolute Gasteiger partial charge is 0.127 e. The molecule has 0 saturated heterocycles. The third kappa shape index (κ3) is 2.56. The van der Waals surface area contributed by atoms with Gasteiger partial charge in [-0.2, -0.15) is 5.26 Å². The summed E-state index contributed by atoms with van der Waals surface area (Å²) in [5.41, 5.74) is 12.1. The van der Waals surface area contributed by atoms with Crippen LogP contribution in [0.15, 0.2) is 36.4 Å². The maximum absolute atomic E-state index is 10.4. The highest BCUT2D eigenvalue weighted by Gasteiger charge is 2.25. The van der Waals surface area contributed by atoms with Crippen LogP contribution in [0, 0.1) is 11.3 Å². The number of fused-ring (bicyclic) bond motifs is 2. The predicted molar refractivity (Wildman–Crippen MR) is 102 cm³/mol. The summed E-state index contributed by atoms with van der Waals surface area (Å²) in [4.78, 5) is 7.20. The molecule has 130 valence electrons. The highest BCUT2D eigenvalue weighted by molar-refractivity contribution is 6.04. The second-order valence-electron chi connectivity index (χ2n) is 6.71. The quantitative estimate of drug-likeness (QED) is 0.755. The van der Waals surface area contributed by atoms with Crippen molar-refractivity contribution in [3.63, 3.8) is 0 Å². The van der Waals surface area contributed by atoms with Gasteiger partial charge in [-0.3, -0.25) is 9.88 Å². The van der Waals surface area contributed by atoms with E-state index >= 15 is 0 Å². The average Bonchev–Trinajstić information content (AvgIpc) is 3.05. The van der Waals surface area contributed by atoms with Gasteiger partial charge in [-0.1, -0.05) is 19.1 Å². The van der Waals surface area contributed by atoms with Crippen LogP contribution in [0.5, 0.6) is 5.75 Å². The molecule has 0 amide bonds. The van der Waals surface area contributed by atoms with Crippen LogP contribution in [0.3, 0.4) is 0 Å². The number of nitrogen functional groups attached to an aromatic ring is 1. The van der Waals surface area contributed by atoms with Crippen molar-refractivity contribution in [3.05, 3.63) is 53.2 Å². The molecule has 5 heteroatoms. The summed E-state index contributed by atoms with van der Waals surface area (Å²) in [5, 5.41) is 20.2. The molecular formula is C21H20N4O. The van der Waals surface area contributed by atoms with Crippen LogP contribution in [-0.4, -0.2) is 21.5 Å². The molecule has 5 nitrogen and oxygen atoms in total. The molecule has 1 aliphatic heterocycles. The summed E-state index contributed by atoms with van der Waals surface area (Å²) >= 11 is 0. The second-order valence-corrected chi connectivity index (χ2v) is 6.71. The van der Waals surface area contributed by atoms with Crippen molar-refractivity contribution >= 4 is 16.6 Å². The van der Waals surface area contributed by atoms with Gasteiger partial charge in [0.2, 0.25) is 0 Å². The van der Waals surface area contributed by atoms with Crippen LogP contribution >= 0.6 is 0 Å². The Morgan fingerprint density at radius 3 is 2.88 bits per heavy atom. The molecule has 0 bridgehead atoms. The first kappa shape index (κ1) is 16.4. The van der Waals surface area contributed by atoms with Gasteiger partial charge >= 0.3 is 0 Å². The number of rotatable bonds is 3. The van der Waals surface area contributed by atoms with Crippen LogP contribution in [0.2, 0.25) is 0 Å². The van der Waals surface area contributed by atoms with E-state index in [4.69, 9.17) is 10.7 Å². The number of aromatic hydroxyl groups is 1. The summed E-state index contributed by atoms with van der Waals surface area (Å²) in [6, 6.07) is 13.1. The topological polar surface area (TPSA) is 86.2 Å². The summed E-state index contributed by atoms with van der Waals surface area (Å²) in [6.07, 6.45) is 1.07. The molecule has 0 atom stereocenters. The van der Waals surface area contributed by atoms with Gasteiger partial charge in [-0.15, -0.1) is 0 Å². The Labute approximate surface area is 152 Å². The molecule has 0 saturated carbocycles. The zero-order valence-electron chi connectivity index (χ0n) is 14.7. The number of nitrogens with two attached hydrogens (primary N) is 1. The van der Waals surface area contributed by atoms with Crippen LogP contribution in [0.1, 0.15) is 30.2 Å². The van der Waals surface area contributed by atoms with E-state index in [1.54, 1.807) is 12.1 Å². The number of phenolic OH excluding ortho intramolecular Hbond substituents is 1. The lowest BCUT2D eigenvalue weighted by atomic mass is 9.97. The first-order valence-electron chi connectivity index (χ1n) is 8.78. The fourth-order valence-electron chi connectivity index (χ4n) is 3.73. The van der Waals surface area contributed by atoms with Gasteiger partial charge in [-0.05, 0) is 42.8 Å².